The van der Waals surface area contributed by atoms with Gasteiger partial charge in [0.1, 0.15) is 6.61 Å². The third-order valence-corrected chi connectivity index (χ3v) is 4.24. The van der Waals surface area contributed by atoms with Crippen LogP contribution in [0.1, 0.15) is 33.3 Å². The number of carbonyl (C=O) groups is 1. The van der Waals surface area contributed by atoms with Gasteiger partial charge in [-0.3, -0.25) is 4.79 Å². The topological polar surface area (TPSA) is 38.7 Å². The van der Waals surface area contributed by atoms with Crippen LogP contribution in [-0.2, 0) is 9.53 Å². The Bertz CT molecular complexity index is 505. The summed E-state index contributed by atoms with van der Waals surface area (Å²) in [4.78, 5) is 16.8. The molecule has 1 aromatic carbocycles. The zero-order chi connectivity index (χ0) is 14.8. The van der Waals surface area contributed by atoms with Crippen LogP contribution < -0.4 is 0 Å². The maximum Gasteiger partial charge on any atom is 0.216 e. The Hall–Kier alpha value is -1.29. The highest BCUT2D eigenvalue weighted by Gasteiger charge is 2.32. The minimum absolute atomic E-state index is 0.0588. The van der Waals surface area contributed by atoms with Crippen LogP contribution in [0.15, 0.2) is 35.3 Å². The van der Waals surface area contributed by atoms with Crippen molar-refractivity contribution in [2.24, 2.45) is 10.9 Å². The lowest BCUT2D eigenvalue weighted by Gasteiger charge is -2.20. The minimum Gasteiger partial charge on any atom is -0.475 e. The predicted molar refractivity (Wildman–Crippen MR) is 84.2 cm³/mol. The summed E-state index contributed by atoms with van der Waals surface area (Å²) >= 11 is 1.39. The van der Waals surface area contributed by atoms with Crippen LogP contribution in [0, 0.1) is 5.92 Å². The third-order valence-electron chi connectivity index (χ3n) is 3.05. The van der Waals surface area contributed by atoms with Crippen molar-refractivity contribution in [1.82, 2.24) is 0 Å². The molecule has 20 heavy (non-hydrogen) atoms. The summed E-state index contributed by atoms with van der Waals surface area (Å²) in [5, 5.41) is 0.184. The van der Waals surface area contributed by atoms with E-state index < -0.39 is 0 Å². The van der Waals surface area contributed by atoms with Gasteiger partial charge in [0, 0.05) is 10.3 Å². The molecule has 2 rings (SSSR count). The lowest BCUT2D eigenvalue weighted by molar-refractivity contribution is -0.114. The van der Waals surface area contributed by atoms with E-state index in [2.05, 4.69) is 4.99 Å². The van der Waals surface area contributed by atoms with Crippen LogP contribution in [0.5, 0.6) is 0 Å². The molecule has 1 heterocycles. The second kappa shape index (κ2) is 6.00. The van der Waals surface area contributed by atoms with Gasteiger partial charge in [0.2, 0.25) is 5.90 Å². The highest BCUT2D eigenvalue weighted by atomic mass is 32.2. The minimum atomic E-state index is -0.125. The van der Waals surface area contributed by atoms with E-state index >= 15 is 0 Å². The smallest absolute Gasteiger partial charge is 0.216 e. The van der Waals surface area contributed by atoms with Crippen molar-refractivity contribution in [1.29, 1.82) is 0 Å². The SMILES string of the molecule is C[C@H](C(=O)SC(C)(C)C)[C@H]1COC(c2ccccc2)=N1. The molecule has 0 saturated heterocycles. The Labute approximate surface area is 124 Å². The summed E-state index contributed by atoms with van der Waals surface area (Å²) in [5.74, 6) is 0.524. The highest BCUT2D eigenvalue weighted by molar-refractivity contribution is 8.14. The van der Waals surface area contributed by atoms with Crippen molar-refractivity contribution < 1.29 is 9.53 Å². The third kappa shape index (κ3) is 3.85. The molecule has 108 valence electrons. The van der Waals surface area contributed by atoms with Gasteiger partial charge in [-0.1, -0.05) is 57.7 Å². The zero-order valence-electron chi connectivity index (χ0n) is 12.4. The zero-order valence-corrected chi connectivity index (χ0v) is 13.2. The first-order valence-corrected chi connectivity index (χ1v) is 7.67. The highest BCUT2D eigenvalue weighted by Crippen LogP contribution is 2.30. The van der Waals surface area contributed by atoms with Crippen LogP contribution >= 0.6 is 11.8 Å². The molecular formula is C16H21NO2S. The molecule has 1 aliphatic heterocycles. The van der Waals surface area contributed by atoms with Crippen molar-refractivity contribution >= 4 is 22.8 Å². The largest absolute Gasteiger partial charge is 0.475 e. The number of hydrogen-bond acceptors (Lipinski definition) is 4. The normalized spacial score (nSPS) is 20.2. The number of hydrogen-bond donors (Lipinski definition) is 0. The number of aliphatic imine (C=N–C) groups is 1. The maximum atomic E-state index is 12.2. The molecule has 0 aromatic heterocycles. The van der Waals surface area contributed by atoms with Crippen molar-refractivity contribution in [2.75, 3.05) is 6.61 Å². The molecule has 1 aliphatic rings. The Morgan fingerprint density at radius 1 is 1.35 bits per heavy atom. The second-order valence-electron chi connectivity index (χ2n) is 6.00. The molecular weight excluding hydrogens is 270 g/mol. The number of carbonyl (C=O) groups excluding carboxylic acids is 1. The summed E-state index contributed by atoms with van der Waals surface area (Å²) in [5.41, 5.74) is 0.970. The Kier molecular flexibility index (Phi) is 4.53. The van der Waals surface area contributed by atoms with Crippen molar-refractivity contribution in [3.63, 3.8) is 0 Å². The van der Waals surface area contributed by atoms with E-state index in [1.807, 2.05) is 58.0 Å². The van der Waals surface area contributed by atoms with Gasteiger partial charge in [-0.2, -0.15) is 0 Å². The molecule has 1 aromatic rings. The van der Waals surface area contributed by atoms with Crippen molar-refractivity contribution in [3.05, 3.63) is 35.9 Å². The second-order valence-corrected chi connectivity index (χ2v) is 7.83. The number of thioether (sulfide) groups is 1. The van der Waals surface area contributed by atoms with Crippen molar-refractivity contribution in [3.8, 4) is 0 Å². The summed E-state index contributed by atoms with van der Waals surface area (Å²) in [6.45, 7) is 8.57. The van der Waals surface area contributed by atoms with Crippen molar-refractivity contribution in [2.45, 2.75) is 38.5 Å². The summed E-state index contributed by atoms with van der Waals surface area (Å²) < 4.78 is 5.58. The molecule has 0 radical (unpaired) electrons. The van der Waals surface area contributed by atoms with Crippen LogP contribution in [0.25, 0.3) is 0 Å². The van der Waals surface area contributed by atoms with Gasteiger partial charge < -0.3 is 4.74 Å². The molecule has 3 nitrogen and oxygen atoms in total. The Balaban J connectivity index is 2.05. The molecule has 4 heteroatoms. The predicted octanol–water partition coefficient (Wildman–Crippen LogP) is 3.53. The Morgan fingerprint density at radius 3 is 2.60 bits per heavy atom. The molecule has 0 bridgehead atoms. The molecule has 0 spiro atoms. The number of nitrogens with zero attached hydrogens (tertiary/aromatic N) is 1. The van der Waals surface area contributed by atoms with E-state index in [0.29, 0.717) is 12.5 Å². The van der Waals surface area contributed by atoms with E-state index in [-0.39, 0.29) is 21.8 Å². The first-order chi connectivity index (χ1) is 9.37. The fourth-order valence-electron chi connectivity index (χ4n) is 1.94. The lowest BCUT2D eigenvalue weighted by atomic mass is 10.1. The van der Waals surface area contributed by atoms with Gasteiger partial charge in [0.15, 0.2) is 5.12 Å². The molecule has 0 N–H and O–H groups in total. The number of rotatable bonds is 3. The first-order valence-electron chi connectivity index (χ1n) is 6.86. The fourth-order valence-corrected chi connectivity index (χ4v) is 2.88. The van der Waals surface area contributed by atoms with Gasteiger partial charge in [0.25, 0.3) is 0 Å². The van der Waals surface area contributed by atoms with Crippen LogP contribution in [0.2, 0.25) is 0 Å². The number of ether oxygens (including phenoxy) is 1. The van der Waals surface area contributed by atoms with E-state index in [9.17, 15) is 4.79 Å². The van der Waals surface area contributed by atoms with Crippen LogP contribution in [0.4, 0.5) is 0 Å². The van der Waals surface area contributed by atoms with Crippen LogP contribution in [-0.4, -0.2) is 28.4 Å². The summed E-state index contributed by atoms with van der Waals surface area (Å²) in [6, 6.07) is 9.74. The van der Waals surface area contributed by atoms with E-state index in [1.54, 1.807) is 0 Å². The molecule has 0 amide bonds. The fraction of sp³-hybridized carbons (Fsp3) is 0.500. The number of benzene rings is 1. The average molecular weight is 291 g/mol. The van der Waals surface area contributed by atoms with Gasteiger partial charge in [-0.15, -0.1) is 0 Å². The Morgan fingerprint density at radius 2 is 2.00 bits per heavy atom. The van der Waals surface area contributed by atoms with Gasteiger partial charge in [0.05, 0.1) is 12.0 Å². The van der Waals surface area contributed by atoms with Gasteiger partial charge >= 0.3 is 0 Å². The standard InChI is InChI=1S/C16H21NO2S/c1-11(15(18)20-16(2,3)4)13-10-19-14(17-13)12-8-6-5-7-9-12/h5-9,11,13H,10H2,1-4H3/t11-,13+/m0/s1. The van der Waals surface area contributed by atoms with Gasteiger partial charge in [-0.05, 0) is 12.1 Å². The summed E-state index contributed by atoms with van der Waals surface area (Å²) in [6.07, 6.45) is 0. The van der Waals surface area contributed by atoms with E-state index in [1.165, 1.54) is 11.8 Å². The quantitative estimate of drug-likeness (QED) is 0.855. The monoisotopic (exact) mass is 291 g/mol. The first kappa shape index (κ1) is 15.1. The molecule has 0 saturated carbocycles. The van der Waals surface area contributed by atoms with E-state index in [4.69, 9.17) is 4.74 Å². The van der Waals surface area contributed by atoms with Crippen LogP contribution in [0.3, 0.4) is 0 Å². The van der Waals surface area contributed by atoms with Gasteiger partial charge in [-0.25, -0.2) is 4.99 Å². The molecule has 0 unspecified atom stereocenters. The lowest BCUT2D eigenvalue weighted by Crippen LogP contribution is -2.26. The molecule has 0 fully saturated rings. The maximum absolute atomic E-state index is 12.2. The molecule has 2 atom stereocenters. The summed E-state index contributed by atoms with van der Waals surface area (Å²) in [7, 11) is 0. The average Bonchev–Trinajstić information content (AvgIpc) is 2.86. The van der Waals surface area contributed by atoms with E-state index in [0.717, 1.165) is 5.56 Å². The molecule has 0 aliphatic carbocycles.